The number of nitrogens with one attached hydrogen (secondary N) is 2. The number of para-hydroxylation sites is 1. The van der Waals surface area contributed by atoms with Crippen LogP contribution in [0.2, 0.25) is 0 Å². The first kappa shape index (κ1) is 11.5. The average Bonchev–Trinajstić information content (AvgIpc) is 3.18. The van der Waals surface area contributed by atoms with Crippen molar-refractivity contribution in [2.24, 2.45) is 5.92 Å². The van der Waals surface area contributed by atoms with Gasteiger partial charge in [0, 0.05) is 6.54 Å². The van der Waals surface area contributed by atoms with Gasteiger partial charge in [0.05, 0.1) is 17.8 Å². The summed E-state index contributed by atoms with van der Waals surface area (Å²) in [4.78, 5) is 11.5. The van der Waals surface area contributed by atoms with Gasteiger partial charge in [-0.15, -0.1) is 0 Å². The van der Waals surface area contributed by atoms with E-state index in [0.29, 0.717) is 17.2 Å². The molecule has 1 aromatic rings. The van der Waals surface area contributed by atoms with Crippen molar-refractivity contribution in [1.82, 2.24) is 5.32 Å². The maximum Gasteiger partial charge on any atom is 0.239 e. The lowest BCUT2D eigenvalue weighted by atomic mass is 10.2. The normalized spacial score (nSPS) is 13.8. The van der Waals surface area contributed by atoms with E-state index in [1.54, 1.807) is 18.2 Å². The van der Waals surface area contributed by atoms with E-state index in [1.807, 2.05) is 6.07 Å². The molecule has 0 aliphatic heterocycles. The number of hydrogen-bond acceptors (Lipinski definition) is 3. The highest BCUT2D eigenvalue weighted by molar-refractivity contribution is 5.81. The molecule has 0 unspecified atom stereocenters. The van der Waals surface area contributed by atoms with Crippen molar-refractivity contribution < 1.29 is 4.79 Å². The number of nitriles is 1. The summed E-state index contributed by atoms with van der Waals surface area (Å²) in [5.41, 5.74) is 1.26. The lowest BCUT2D eigenvalue weighted by molar-refractivity contribution is -0.119. The molecule has 0 aromatic heterocycles. The Morgan fingerprint density at radius 2 is 2.18 bits per heavy atom. The van der Waals surface area contributed by atoms with Crippen LogP contribution in [-0.2, 0) is 4.79 Å². The number of hydrogen-bond donors (Lipinski definition) is 2. The maximum atomic E-state index is 11.5. The number of nitrogens with zero attached hydrogens (tertiary/aromatic N) is 1. The summed E-state index contributed by atoms with van der Waals surface area (Å²) in [6.45, 7) is 0.992. The Labute approximate surface area is 101 Å². The van der Waals surface area contributed by atoms with Crippen LogP contribution in [0.15, 0.2) is 24.3 Å². The lowest BCUT2D eigenvalue weighted by Gasteiger charge is -2.08. The summed E-state index contributed by atoms with van der Waals surface area (Å²) in [6.07, 6.45) is 2.45. The predicted molar refractivity (Wildman–Crippen MR) is 65.4 cm³/mol. The molecule has 4 nitrogen and oxygen atoms in total. The van der Waals surface area contributed by atoms with Gasteiger partial charge in [0.1, 0.15) is 6.07 Å². The molecule has 1 aromatic carbocycles. The van der Waals surface area contributed by atoms with E-state index < -0.39 is 0 Å². The van der Waals surface area contributed by atoms with Gasteiger partial charge in [-0.05, 0) is 30.9 Å². The molecule has 0 spiro atoms. The summed E-state index contributed by atoms with van der Waals surface area (Å²) in [5, 5.41) is 14.7. The van der Waals surface area contributed by atoms with Crippen molar-refractivity contribution in [2.45, 2.75) is 12.8 Å². The summed E-state index contributed by atoms with van der Waals surface area (Å²) in [5.74, 6) is 0.662. The number of amides is 1. The van der Waals surface area contributed by atoms with Gasteiger partial charge < -0.3 is 10.6 Å². The highest BCUT2D eigenvalue weighted by Crippen LogP contribution is 2.27. The highest BCUT2D eigenvalue weighted by atomic mass is 16.1. The first-order valence-corrected chi connectivity index (χ1v) is 5.79. The number of anilines is 1. The molecule has 0 atom stereocenters. The van der Waals surface area contributed by atoms with Gasteiger partial charge >= 0.3 is 0 Å². The molecule has 2 N–H and O–H groups in total. The largest absolute Gasteiger partial charge is 0.375 e. The van der Waals surface area contributed by atoms with E-state index in [4.69, 9.17) is 5.26 Å². The van der Waals surface area contributed by atoms with Crippen LogP contribution in [0, 0.1) is 17.2 Å². The molecular formula is C13H15N3O. The molecule has 1 amide bonds. The Kier molecular flexibility index (Phi) is 3.61. The maximum absolute atomic E-state index is 11.5. The fourth-order valence-corrected chi connectivity index (χ4v) is 1.55. The number of carbonyl (C=O) groups is 1. The predicted octanol–water partition coefficient (Wildman–Crippen LogP) is 1.50. The van der Waals surface area contributed by atoms with Crippen molar-refractivity contribution in [3.8, 4) is 6.07 Å². The molecule has 1 aliphatic rings. The summed E-state index contributed by atoms with van der Waals surface area (Å²) in [7, 11) is 0. The van der Waals surface area contributed by atoms with Gasteiger partial charge in [0.15, 0.2) is 0 Å². The third-order valence-electron chi connectivity index (χ3n) is 2.77. The summed E-state index contributed by atoms with van der Waals surface area (Å²) < 4.78 is 0. The van der Waals surface area contributed by atoms with Gasteiger partial charge in [0.2, 0.25) is 5.91 Å². The molecule has 1 saturated carbocycles. The van der Waals surface area contributed by atoms with Crippen molar-refractivity contribution in [2.75, 3.05) is 18.4 Å². The zero-order valence-corrected chi connectivity index (χ0v) is 9.57. The summed E-state index contributed by atoms with van der Waals surface area (Å²) >= 11 is 0. The van der Waals surface area contributed by atoms with Crippen molar-refractivity contribution >= 4 is 11.6 Å². The third-order valence-corrected chi connectivity index (χ3v) is 2.77. The van der Waals surface area contributed by atoms with Crippen LogP contribution in [0.25, 0.3) is 0 Å². The Morgan fingerprint density at radius 1 is 1.41 bits per heavy atom. The van der Waals surface area contributed by atoms with Crippen LogP contribution >= 0.6 is 0 Å². The van der Waals surface area contributed by atoms with E-state index in [0.717, 1.165) is 6.54 Å². The number of benzene rings is 1. The zero-order valence-electron chi connectivity index (χ0n) is 9.57. The minimum atomic E-state index is -0.0235. The fraction of sp³-hybridized carbons (Fsp3) is 0.385. The molecule has 1 aliphatic carbocycles. The van der Waals surface area contributed by atoms with Crippen molar-refractivity contribution in [1.29, 1.82) is 5.26 Å². The number of rotatable bonds is 5. The monoisotopic (exact) mass is 229 g/mol. The molecule has 88 valence electrons. The van der Waals surface area contributed by atoms with Gasteiger partial charge in [-0.1, -0.05) is 12.1 Å². The Hall–Kier alpha value is -2.02. The minimum Gasteiger partial charge on any atom is -0.375 e. The summed E-state index contributed by atoms with van der Waals surface area (Å²) in [6, 6.07) is 9.25. The van der Waals surface area contributed by atoms with E-state index in [1.165, 1.54) is 12.8 Å². The molecule has 0 heterocycles. The van der Waals surface area contributed by atoms with Gasteiger partial charge in [0.25, 0.3) is 0 Å². The second kappa shape index (κ2) is 5.35. The van der Waals surface area contributed by atoms with E-state index >= 15 is 0 Å². The van der Waals surface area contributed by atoms with Crippen molar-refractivity contribution in [3.05, 3.63) is 29.8 Å². The Balaban J connectivity index is 1.80. The SMILES string of the molecule is N#Cc1ccccc1NCC(=O)NCC1CC1. The molecule has 0 saturated heterocycles. The van der Waals surface area contributed by atoms with Gasteiger partial charge in [-0.2, -0.15) is 5.26 Å². The number of carbonyl (C=O) groups excluding carboxylic acids is 1. The van der Waals surface area contributed by atoms with Crippen molar-refractivity contribution in [3.63, 3.8) is 0 Å². The van der Waals surface area contributed by atoms with Crippen LogP contribution in [0.4, 0.5) is 5.69 Å². The molecule has 4 heteroatoms. The third kappa shape index (κ3) is 3.49. The Bertz CT molecular complexity index is 446. The minimum absolute atomic E-state index is 0.0235. The van der Waals surface area contributed by atoms with Gasteiger partial charge in [-0.3, -0.25) is 4.79 Å². The van der Waals surface area contributed by atoms with Crippen LogP contribution in [0.3, 0.4) is 0 Å². The second-order valence-corrected chi connectivity index (χ2v) is 4.26. The molecule has 17 heavy (non-hydrogen) atoms. The Morgan fingerprint density at radius 3 is 2.88 bits per heavy atom. The highest BCUT2D eigenvalue weighted by Gasteiger charge is 2.21. The fourth-order valence-electron chi connectivity index (χ4n) is 1.55. The standard InChI is InChI=1S/C13H15N3O/c14-7-11-3-1-2-4-12(11)15-9-13(17)16-8-10-5-6-10/h1-4,10,15H,5-6,8-9H2,(H,16,17). The smallest absolute Gasteiger partial charge is 0.239 e. The lowest BCUT2D eigenvalue weighted by Crippen LogP contribution is -2.31. The van der Waals surface area contributed by atoms with Gasteiger partial charge in [-0.25, -0.2) is 0 Å². The first-order valence-electron chi connectivity index (χ1n) is 5.79. The van der Waals surface area contributed by atoms with Crippen LogP contribution in [0.1, 0.15) is 18.4 Å². The quantitative estimate of drug-likeness (QED) is 0.804. The molecule has 1 fully saturated rings. The van der Waals surface area contributed by atoms with E-state index in [-0.39, 0.29) is 12.5 Å². The van der Waals surface area contributed by atoms with E-state index in [9.17, 15) is 4.79 Å². The van der Waals surface area contributed by atoms with Crippen LogP contribution in [0.5, 0.6) is 0 Å². The van der Waals surface area contributed by atoms with Crippen LogP contribution in [-0.4, -0.2) is 19.0 Å². The molecular weight excluding hydrogens is 214 g/mol. The van der Waals surface area contributed by atoms with Crippen LogP contribution < -0.4 is 10.6 Å². The zero-order chi connectivity index (χ0) is 12.1. The second-order valence-electron chi connectivity index (χ2n) is 4.26. The molecule has 0 radical (unpaired) electrons. The van der Waals surface area contributed by atoms with E-state index in [2.05, 4.69) is 16.7 Å². The topological polar surface area (TPSA) is 64.9 Å². The average molecular weight is 229 g/mol. The molecule has 2 rings (SSSR count). The molecule has 0 bridgehead atoms. The first-order chi connectivity index (χ1) is 8.29.